The van der Waals surface area contributed by atoms with Crippen LogP contribution in [0.4, 0.5) is 0 Å². The third-order valence-electron chi connectivity index (χ3n) is 4.67. The van der Waals surface area contributed by atoms with Gasteiger partial charge in [-0.3, -0.25) is 9.78 Å². The van der Waals surface area contributed by atoms with Crippen LogP contribution in [0, 0.1) is 5.92 Å². The Morgan fingerprint density at radius 1 is 1.48 bits per heavy atom. The van der Waals surface area contributed by atoms with Crippen LogP contribution in [0.5, 0.6) is 5.75 Å². The Balaban J connectivity index is 1.36. The summed E-state index contributed by atoms with van der Waals surface area (Å²) in [5.41, 5.74) is -0.183. The van der Waals surface area contributed by atoms with Gasteiger partial charge in [0.1, 0.15) is 11.9 Å². The molecule has 2 saturated heterocycles. The van der Waals surface area contributed by atoms with E-state index in [4.69, 9.17) is 9.47 Å². The van der Waals surface area contributed by atoms with Crippen molar-refractivity contribution in [3.63, 3.8) is 0 Å². The number of amides is 1. The fraction of sp³-hybridized carbons (Fsp3) is 0.625. The minimum Gasteiger partial charge on any atom is -0.486 e. The van der Waals surface area contributed by atoms with Gasteiger partial charge in [0.2, 0.25) is 5.91 Å². The summed E-state index contributed by atoms with van der Waals surface area (Å²) < 4.78 is 12.0. The number of rotatable bonds is 3. The van der Waals surface area contributed by atoms with Gasteiger partial charge in [0.05, 0.1) is 18.4 Å². The van der Waals surface area contributed by atoms with Crippen LogP contribution in [-0.4, -0.2) is 47.2 Å². The van der Waals surface area contributed by atoms with Gasteiger partial charge < -0.3 is 14.4 Å². The second-order valence-electron chi connectivity index (χ2n) is 6.41. The highest BCUT2D eigenvalue weighted by atomic mass is 16.6. The molecule has 0 unspecified atom stereocenters. The Labute approximate surface area is 124 Å². The van der Waals surface area contributed by atoms with E-state index in [1.165, 1.54) is 0 Å². The van der Waals surface area contributed by atoms with E-state index in [0.29, 0.717) is 18.4 Å². The van der Waals surface area contributed by atoms with Gasteiger partial charge in [-0.1, -0.05) is 0 Å². The summed E-state index contributed by atoms with van der Waals surface area (Å²) >= 11 is 0. The maximum absolute atomic E-state index is 12.2. The molecule has 1 aromatic rings. The first-order valence-electron chi connectivity index (χ1n) is 7.74. The van der Waals surface area contributed by atoms with Crippen LogP contribution in [0.1, 0.15) is 25.7 Å². The Morgan fingerprint density at radius 2 is 2.38 bits per heavy atom. The van der Waals surface area contributed by atoms with E-state index >= 15 is 0 Å². The van der Waals surface area contributed by atoms with Crippen LogP contribution in [-0.2, 0) is 9.53 Å². The lowest BCUT2D eigenvalue weighted by molar-refractivity contribution is -0.132. The minimum atomic E-state index is -0.183. The average Bonchev–Trinajstić information content (AvgIpc) is 3.17. The Bertz CT molecular complexity index is 532. The lowest BCUT2D eigenvalue weighted by atomic mass is 9.98. The summed E-state index contributed by atoms with van der Waals surface area (Å²) in [7, 11) is 0. The molecule has 1 amide bonds. The fourth-order valence-electron chi connectivity index (χ4n) is 3.39. The first-order chi connectivity index (χ1) is 10.2. The lowest BCUT2D eigenvalue weighted by Crippen LogP contribution is -2.36. The van der Waals surface area contributed by atoms with E-state index < -0.39 is 0 Å². The fourth-order valence-corrected chi connectivity index (χ4v) is 3.39. The number of ether oxygens (including phenoxy) is 2. The molecule has 3 fully saturated rings. The summed E-state index contributed by atoms with van der Waals surface area (Å²) in [5.74, 6) is 1.41. The Hall–Kier alpha value is -1.62. The number of carbonyl (C=O) groups excluding carboxylic acids is 1. The largest absolute Gasteiger partial charge is 0.486 e. The molecule has 1 spiro atoms. The molecule has 0 aromatic carbocycles. The smallest absolute Gasteiger partial charge is 0.225 e. The highest BCUT2D eigenvalue weighted by molar-refractivity contribution is 5.81. The second-order valence-corrected chi connectivity index (χ2v) is 6.41. The van der Waals surface area contributed by atoms with E-state index in [0.717, 1.165) is 44.5 Å². The summed E-state index contributed by atoms with van der Waals surface area (Å²) in [6, 6.07) is 3.78. The first kappa shape index (κ1) is 13.1. The predicted octanol–water partition coefficient (Wildman–Crippen LogP) is 1.63. The molecular formula is C16H20N2O3. The van der Waals surface area contributed by atoms with Crippen molar-refractivity contribution in [2.75, 3.05) is 19.7 Å². The molecule has 1 saturated carbocycles. The van der Waals surface area contributed by atoms with Crippen LogP contribution >= 0.6 is 0 Å². The molecule has 21 heavy (non-hydrogen) atoms. The van der Waals surface area contributed by atoms with Crippen molar-refractivity contribution >= 4 is 5.91 Å². The molecule has 2 atom stereocenters. The minimum absolute atomic E-state index is 0.0603. The molecule has 5 nitrogen and oxygen atoms in total. The molecule has 0 radical (unpaired) electrons. The topological polar surface area (TPSA) is 51.7 Å². The van der Waals surface area contributed by atoms with Crippen molar-refractivity contribution in [3.8, 4) is 5.75 Å². The second kappa shape index (κ2) is 4.98. The van der Waals surface area contributed by atoms with Crippen LogP contribution in [0.15, 0.2) is 24.5 Å². The third kappa shape index (κ3) is 2.62. The lowest BCUT2D eigenvalue weighted by Gasteiger charge is -2.23. The van der Waals surface area contributed by atoms with Gasteiger partial charge in [0.15, 0.2) is 0 Å². The van der Waals surface area contributed by atoms with Gasteiger partial charge in [-0.25, -0.2) is 0 Å². The maximum atomic E-state index is 12.2. The number of nitrogens with zero attached hydrogens (tertiary/aromatic N) is 2. The van der Waals surface area contributed by atoms with Crippen molar-refractivity contribution in [1.82, 2.24) is 9.88 Å². The summed E-state index contributed by atoms with van der Waals surface area (Å²) in [5, 5.41) is 0. The van der Waals surface area contributed by atoms with Crippen molar-refractivity contribution in [2.45, 2.75) is 37.4 Å². The average molecular weight is 288 g/mol. The number of likely N-dealkylation sites (tertiary alicyclic amines) is 1. The monoisotopic (exact) mass is 288 g/mol. The van der Waals surface area contributed by atoms with Gasteiger partial charge in [-0.2, -0.15) is 0 Å². The van der Waals surface area contributed by atoms with E-state index in [1.807, 2.05) is 17.0 Å². The molecule has 112 valence electrons. The normalized spacial score (nSPS) is 31.8. The van der Waals surface area contributed by atoms with Crippen molar-refractivity contribution in [3.05, 3.63) is 24.5 Å². The van der Waals surface area contributed by atoms with Gasteiger partial charge in [-0.05, 0) is 31.4 Å². The van der Waals surface area contributed by atoms with Gasteiger partial charge >= 0.3 is 0 Å². The van der Waals surface area contributed by atoms with Gasteiger partial charge in [0.25, 0.3) is 0 Å². The molecule has 1 aromatic heterocycles. The van der Waals surface area contributed by atoms with Crippen molar-refractivity contribution < 1.29 is 14.3 Å². The molecule has 4 rings (SSSR count). The number of pyridine rings is 1. The molecule has 0 bridgehead atoms. The summed E-state index contributed by atoms with van der Waals surface area (Å²) in [6.07, 6.45) is 7.44. The van der Waals surface area contributed by atoms with E-state index in [-0.39, 0.29) is 11.7 Å². The van der Waals surface area contributed by atoms with E-state index in [1.54, 1.807) is 12.4 Å². The van der Waals surface area contributed by atoms with E-state index in [2.05, 4.69) is 4.98 Å². The first-order valence-corrected chi connectivity index (χ1v) is 7.74. The molecule has 0 N–H and O–H groups in total. The number of aromatic nitrogens is 1. The SMILES string of the molecule is O=C(C1CC1)N1CC[C@]2(C[C@H](Oc3cccnc3)CO2)C1. The predicted molar refractivity (Wildman–Crippen MR) is 75.9 cm³/mol. The Kier molecular flexibility index (Phi) is 3.10. The number of carbonyl (C=O) groups is 1. The van der Waals surface area contributed by atoms with Gasteiger partial charge in [-0.15, -0.1) is 0 Å². The molecule has 3 aliphatic rings. The molecule has 5 heteroatoms. The zero-order valence-corrected chi connectivity index (χ0v) is 12.0. The third-order valence-corrected chi connectivity index (χ3v) is 4.67. The molecule has 2 aliphatic heterocycles. The quantitative estimate of drug-likeness (QED) is 0.848. The number of hydrogen-bond acceptors (Lipinski definition) is 4. The van der Waals surface area contributed by atoms with Crippen LogP contribution in [0.25, 0.3) is 0 Å². The Morgan fingerprint density at radius 3 is 3.14 bits per heavy atom. The molecule has 1 aliphatic carbocycles. The zero-order valence-electron chi connectivity index (χ0n) is 12.0. The van der Waals surface area contributed by atoms with Crippen LogP contribution in [0.2, 0.25) is 0 Å². The summed E-state index contributed by atoms with van der Waals surface area (Å²) in [4.78, 5) is 18.2. The van der Waals surface area contributed by atoms with Gasteiger partial charge in [0, 0.05) is 31.6 Å². The molecular weight excluding hydrogens is 268 g/mol. The van der Waals surface area contributed by atoms with Crippen molar-refractivity contribution in [2.24, 2.45) is 5.92 Å². The number of hydrogen-bond donors (Lipinski definition) is 0. The highest BCUT2D eigenvalue weighted by Gasteiger charge is 2.49. The summed E-state index contributed by atoms with van der Waals surface area (Å²) in [6.45, 7) is 2.16. The van der Waals surface area contributed by atoms with Crippen LogP contribution < -0.4 is 4.74 Å². The highest BCUT2D eigenvalue weighted by Crippen LogP contribution is 2.39. The molecule has 3 heterocycles. The van der Waals surface area contributed by atoms with Crippen LogP contribution in [0.3, 0.4) is 0 Å². The standard InChI is InChI=1S/C16H20N2O3/c19-15(12-3-4-12)18-7-5-16(11-18)8-14(10-20-16)21-13-2-1-6-17-9-13/h1-2,6,9,12,14H,3-5,7-8,10-11H2/t14-,16-/m0/s1. The van der Waals surface area contributed by atoms with Crippen molar-refractivity contribution in [1.29, 1.82) is 0 Å². The maximum Gasteiger partial charge on any atom is 0.225 e. The zero-order chi connectivity index (χ0) is 14.3. The van der Waals surface area contributed by atoms with E-state index in [9.17, 15) is 4.79 Å².